The van der Waals surface area contributed by atoms with Crippen molar-refractivity contribution in [2.45, 2.75) is 13.0 Å². The van der Waals surface area contributed by atoms with Gasteiger partial charge >= 0.3 is 5.69 Å². The molecule has 1 unspecified atom stereocenters. The molecule has 2 aromatic carbocycles. The molecular weight excluding hydrogens is 308 g/mol. The number of nitrogens with one attached hydrogen (secondary N) is 4. The second-order valence-corrected chi connectivity index (χ2v) is 5.40. The molecule has 1 atom stereocenters. The van der Waals surface area contributed by atoms with Gasteiger partial charge in [-0.05, 0) is 37.3 Å². The van der Waals surface area contributed by atoms with Crippen LogP contribution in [-0.2, 0) is 4.79 Å². The largest absolute Gasteiger partial charge is 0.495 e. The number of H-pyrrole nitrogens is 2. The van der Waals surface area contributed by atoms with Crippen molar-refractivity contribution in [3.63, 3.8) is 0 Å². The lowest BCUT2D eigenvalue weighted by Gasteiger charge is -2.17. The molecule has 1 heterocycles. The summed E-state index contributed by atoms with van der Waals surface area (Å²) in [4.78, 5) is 29.0. The highest BCUT2D eigenvalue weighted by atomic mass is 16.5. The third-order valence-corrected chi connectivity index (χ3v) is 3.66. The van der Waals surface area contributed by atoms with Crippen LogP contribution in [0.5, 0.6) is 5.75 Å². The number of methoxy groups -OCH3 is 1. The summed E-state index contributed by atoms with van der Waals surface area (Å²) in [5.41, 5.74) is 2.41. The van der Waals surface area contributed by atoms with E-state index in [-0.39, 0.29) is 11.6 Å². The van der Waals surface area contributed by atoms with Gasteiger partial charge in [-0.15, -0.1) is 0 Å². The molecule has 0 aliphatic heterocycles. The molecule has 24 heavy (non-hydrogen) atoms. The van der Waals surface area contributed by atoms with Crippen molar-refractivity contribution in [1.82, 2.24) is 9.97 Å². The number of amides is 1. The number of para-hydroxylation sites is 2. The Bertz CT molecular complexity index is 929. The predicted molar refractivity (Wildman–Crippen MR) is 93.6 cm³/mol. The third-order valence-electron chi connectivity index (χ3n) is 3.66. The summed E-state index contributed by atoms with van der Waals surface area (Å²) in [6.07, 6.45) is 0. The summed E-state index contributed by atoms with van der Waals surface area (Å²) in [5, 5.41) is 5.94. The van der Waals surface area contributed by atoms with Gasteiger partial charge in [-0.1, -0.05) is 12.1 Å². The molecule has 3 aromatic rings. The van der Waals surface area contributed by atoms with E-state index < -0.39 is 6.04 Å². The Labute approximate surface area is 138 Å². The molecule has 0 aliphatic rings. The Morgan fingerprint density at radius 3 is 2.67 bits per heavy atom. The second kappa shape index (κ2) is 6.49. The molecule has 124 valence electrons. The molecule has 1 amide bonds. The molecule has 0 saturated heterocycles. The molecular formula is C17H18N4O3. The lowest BCUT2D eigenvalue weighted by atomic mass is 10.2. The summed E-state index contributed by atoms with van der Waals surface area (Å²) < 4.78 is 5.26. The minimum atomic E-state index is -0.470. The molecule has 4 N–H and O–H groups in total. The maximum Gasteiger partial charge on any atom is 0.323 e. The zero-order valence-corrected chi connectivity index (χ0v) is 13.3. The smallest absolute Gasteiger partial charge is 0.323 e. The highest BCUT2D eigenvalue weighted by molar-refractivity contribution is 5.97. The molecule has 0 bridgehead atoms. The lowest BCUT2D eigenvalue weighted by molar-refractivity contribution is -0.116. The van der Waals surface area contributed by atoms with E-state index in [4.69, 9.17) is 4.74 Å². The van der Waals surface area contributed by atoms with Gasteiger partial charge in [-0.25, -0.2) is 4.79 Å². The second-order valence-electron chi connectivity index (χ2n) is 5.40. The van der Waals surface area contributed by atoms with Gasteiger partial charge in [0.25, 0.3) is 0 Å². The van der Waals surface area contributed by atoms with Crippen LogP contribution in [-0.4, -0.2) is 29.0 Å². The van der Waals surface area contributed by atoms with Gasteiger partial charge in [0.05, 0.1) is 23.8 Å². The number of carbonyl (C=O) groups excluding carboxylic acids is 1. The number of benzene rings is 2. The van der Waals surface area contributed by atoms with Crippen LogP contribution in [0.3, 0.4) is 0 Å². The van der Waals surface area contributed by atoms with E-state index in [1.807, 2.05) is 24.3 Å². The highest BCUT2D eigenvalue weighted by Crippen LogP contribution is 2.24. The first-order valence-corrected chi connectivity index (χ1v) is 7.49. The molecule has 0 aliphatic carbocycles. The summed E-state index contributed by atoms with van der Waals surface area (Å²) in [6.45, 7) is 1.76. The standard InChI is InChI=1S/C17H18N4O3/c1-10(18-13-5-3-4-6-15(13)24-2)16(22)19-11-7-8-12-14(9-11)21-17(23)20-12/h3-10,18H,1-2H3,(H,19,22)(H2,20,21,23). The topological polar surface area (TPSA) is 99.0 Å². The number of rotatable bonds is 5. The number of carbonyl (C=O) groups is 1. The van der Waals surface area contributed by atoms with E-state index in [0.717, 1.165) is 5.69 Å². The monoisotopic (exact) mass is 326 g/mol. The van der Waals surface area contributed by atoms with Crippen LogP contribution < -0.4 is 21.1 Å². The summed E-state index contributed by atoms with van der Waals surface area (Å²) >= 11 is 0. The van der Waals surface area contributed by atoms with Crippen molar-refractivity contribution in [3.8, 4) is 5.75 Å². The van der Waals surface area contributed by atoms with Crippen LogP contribution in [0.25, 0.3) is 11.0 Å². The fraction of sp³-hybridized carbons (Fsp3) is 0.176. The number of imidazole rings is 1. The Balaban J connectivity index is 1.71. The van der Waals surface area contributed by atoms with Crippen LogP contribution in [0.4, 0.5) is 11.4 Å². The lowest BCUT2D eigenvalue weighted by Crippen LogP contribution is -2.32. The van der Waals surface area contributed by atoms with Crippen molar-refractivity contribution < 1.29 is 9.53 Å². The predicted octanol–water partition coefficient (Wildman–Crippen LogP) is 2.30. The molecule has 0 fully saturated rings. The summed E-state index contributed by atoms with van der Waals surface area (Å²) in [6, 6.07) is 12.1. The third kappa shape index (κ3) is 3.24. The number of aromatic nitrogens is 2. The summed E-state index contributed by atoms with van der Waals surface area (Å²) in [5.74, 6) is 0.474. The van der Waals surface area contributed by atoms with E-state index >= 15 is 0 Å². The van der Waals surface area contributed by atoms with Gasteiger partial charge in [0, 0.05) is 5.69 Å². The van der Waals surface area contributed by atoms with Crippen molar-refractivity contribution >= 4 is 28.3 Å². The zero-order chi connectivity index (χ0) is 17.1. The van der Waals surface area contributed by atoms with Gasteiger partial charge in [0.15, 0.2) is 0 Å². The molecule has 7 heteroatoms. The quantitative estimate of drug-likeness (QED) is 0.578. The fourth-order valence-corrected chi connectivity index (χ4v) is 2.42. The normalized spacial score (nSPS) is 11.9. The van der Waals surface area contributed by atoms with Gasteiger partial charge in [-0.3, -0.25) is 4.79 Å². The highest BCUT2D eigenvalue weighted by Gasteiger charge is 2.15. The maximum absolute atomic E-state index is 12.4. The zero-order valence-electron chi connectivity index (χ0n) is 13.3. The first-order valence-electron chi connectivity index (χ1n) is 7.49. The van der Waals surface area contributed by atoms with E-state index in [1.54, 1.807) is 32.2 Å². The van der Waals surface area contributed by atoms with Crippen LogP contribution in [0, 0.1) is 0 Å². The van der Waals surface area contributed by atoms with Gasteiger partial charge in [0.2, 0.25) is 5.91 Å². The first-order chi connectivity index (χ1) is 11.6. The Morgan fingerprint density at radius 1 is 1.12 bits per heavy atom. The number of aromatic amines is 2. The minimum absolute atomic E-state index is 0.196. The fourth-order valence-electron chi connectivity index (χ4n) is 2.42. The average molecular weight is 326 g/mol. The Morgan fingerprint density at radius 2 is 1.88 bits per heavy atom. The van der Waals surface area contributed by atoms with Crippen LogP contribution >= 0.6 is 0 Å². The number of anilines is 2. The summed E-state index contributed by atoms with van der Waals surface area (Å²) in [7, 11) is 1.58. The maximum atomic E-state index is 12.4. The van der Waals surface area contributed by atoms with Gasteiger partial charge in [0.1, 0.15) is 11.8 Å². The number of fused-ring (bicyclic) bond motifs is 1. The van der Waals surface area contributed by atoms with Crippen molar-refractivity contribution in [2.75, 3.05) is 17.7 Å². The van der Waals surface area contributed by atoms with E-state index in [0.29, 0.717) is 22.5 Å². The molecule has 1 aromatic heterocycles. The average Bonchev–Trinajstić information content (AvgIpc) is 2.94. The van der Waals surface area contributed by atoms with Crippen molar-refractivity contribution in [2.24, 2.45) is 0 Å². The van der Waals surface area contributed by atoms with Crippen LogP contribution in [0.2, 0.25) is 0 Å². The molecule has 0 saturated carbocycles. The number of hydrogen-bond donors (Lipinski definition) is 4. The SMILES string of the molecule is COc1ccccc1NC(C)C(=O)Nc1ccc2[nH]c(=O)[nH]c2c1. The molecule has 3 rings (SSSR count). The van der Waals surface area contributed by atoms with E-state index in [9.17, 15) is 9.59 Å². The molecule has 0 radical (unpaired) electrons. The number of ether oxygens (including phenoxy) is 1. The first kappa shape index (κ1) is 15.7. The van der Waals surface area contributed by atoms with Gasteiger partial charge < -0.3 is 25.3 Å². The number of hydrogen-bond acceptors (Lipinski definition) is 4. The van der Waals surface area contributed by atoms with E-state index in [1.165, 1.54) is 0 Å². The van der Waals surface area contributed by atoms with Gasteiger partial charge in [-0.2, -0.15) is 0 Å². The van der Waals surface area contributed by atoms with Crippen molar-refractivity contribution in [3.05, 3.63) is 52.9 Å². The van der Waals surface area contributed by atoms with Crippen molar-refractivity contribution in [1.29, 1.82) is 0 Å². The van der Waals surface area contributed by atoms with Crippen LogP contribution in [0.1, 0.15) is 6.92 Å². The Hall–Kier alpha value is -3.22. The molecule has 7 nitrogen and oxygen atoms in total. The van der Waals surface area contributed by atoms with Crippen LogP contribution in [0.15, 0.2) is 47.3 Å². The minimum Gasteiger partial charge on any atom is -0.495 e. The molecule has 0 spiro atoms. The van der Waals surface area contributed by atoms with E-state index in [2.05, 4.69) is 20.6 Å². The Kier molecular flexibility index (Phi) is 4.24.